The molecule has 0 unspecified atom stereocenters. The van der Waals surface area contributed by atoms with Gasteiger partial charge >= 0.3 is 0 Å². The molecule has 0 spiro atoms. The van der Waals surface area contributed by atoms with Gasteiger partial charge in [0.2, 0.25) is 0 Å². The van der Waals surface area contributed by atoms with E-state index in [-0.39, 0.29) is 12.0 Å². The van der Waals surface area contributed by atoms with Crippen molar-refractivity contribution in [1.29, 1.82) is 0 Å². The van der Waals surface area contributed by atoms with Crippen molar-refractivity contribution in [2.24, 2.45) is 0 Å². The molecule has 0 saturated carbocycles. The molecule has 0 aliphatic carbocycles. The molecule has 2 aromatic carbocycles. The predicted molar refractivity (Wildman–Crippen MR) is 139 cm³/mol. The molecule has 3 heterocycles. The van der Waals surface area contributed by atoms with Crippen LogP contribution in [0, 0.1) is 5.21 Å². The van der Waals surface area contributed by atoms with Gasteiger partial charge in [-0.2, -0.15) is 4.73 Å². The summed E-state index contributed by atoms with van der Waals surface area (Å²) in [5, 5.41) is 12.8. The summed E-state index contributed by atoms with van der Waals surface area (Å²) in [6, 6.07) is 19.9. The number of hydrogen-bond acceptors (Lipinski definition) is 4. The van der Waals surface area contributed by atoms with Gasteiger partial charge in [0.25, 0.3) is 5.56 Å². The second kappa shape index (κ2) is 9.70. The van der Waals surface area contributed by atoms with Crippen molar-refractivity contribution in [3.63, 3.8) is 0 Å². The Balaban J connectivity index is 1.59. The van der Waals surface area contributed by atoms with Crippen molar-refractivity contribution in [3.8, 4) is 5.69 Å². The Kier molecular flexibility index (Phi) is 6.31. The second-order valence-corrected chi connectivity index (χ2v) is 8.80. The van der Waals surface area contributed by atoms with Crippen molar-refractivity contribution in [3.05, 3.63) is 133 Å². The molecule has 5 rings (SSSR count). The first-order valence-electron chi connectivity index (χ1n) is 10.8. The van der Waals surface area contributed by atoms with Gasteiger partial charge in [-0.15, -0.1) is 0 Å². The van der Waals surface area contributed by atoms with Crippen LogP contribution in [0.15, 0.2) is 90.1 Å². The standard InChI is InChI=1S/C27H18Cl2N4O2/c28-21-12-19(13-22(29)16-21)9-8-18-4-1-6-23(14-18)33-26-24(7-2-10-30-26)31-25(27(33)34)15-20-5-3-11-32(35)17-20/h1-14,16-17H,15H2. The number of nitrogens with zero attached hydrogens (tertiary/aromatic N) is 4. The molecule has 0 atom stereocenters. The number of hydrogen-bond donors (Lipinski definition) is 0. The molecule has 0 radical (unpaired) electrons. The van der Waals surface area contributed by atoms with Crippen molar-refractivity contribution >= 4 is 46.5 Å². The minimum atomic E-state index is -0.291. The lowest BCUT2D eigenvalue weighted by molar-refractivity contribution is -0.605. The first-order valence-corrected chi connectivity index (χ1v) is 11.5. The van der Waals surface area contributed by atoms with Gasteiger partial charge in [0, 0.05) is 34.3 Å². The van der Waals surface area contributed by atoms with E-state index in [9.17, 15) is 10.0 Å². The summed E-state index contributed by atoms with van der Waals surface area (Å²) in [6.07, 6.45) is 8.51. The van der Waals surface area contributed by atoms with Gasteiger partial charge in [-0.05, 0) is 59.7 Å². The lowest BCUT2D eigenvalue weighted by atomic mass is 10.1. The fourth-order valence-corrected chi connectivity index (χ4v) is 4.39. The van der Waals surface area contributed by atoms with Gasteiger partial charge in [-0.3, -0.25) is 9.36 Å². The van der Waals surface area contributed by atoms with Gasteiger partial charge in [0.05, 0.1) is 5.69 Å². The van der Waals surface area contributed by atoms with Crippen LogP contribution in [0.25, 0.3) is 29.0 Å². The Morgan fingerprint density at radius 3 is 2.54 bits per heavy atom. The first-order chi connectivity index (χ1) is 17.0. The van der Waals surface area contributed by atoms with Crippen molar-refractivity contribution in [1.82, 2.24) is 14.5 Å². The Bertz CT molecular complexity index is 1630. The van der Waals surface area contributed by atoms with Crippen LogP contribution in [-0.4, -0.2) is 14.5 Å². The maximum atomic E-state index is 13.6. The van der Waals surface area contributed by atoms with Crippen LogP contribution in [0.1, 0.15) is 22.4 Å². The third-order valence-electron chi connectivity index (χ3n) is 5.37. The second-order valence-electron chi connectivity index (χ2n) is 7.93. The molecule has 0 aliphatic heterocycles. The summed E-state index contributed by atoms with van der Waals surface area (Å²) in [6.45, 7) is 0. The van der Waals surface area contributed by atoms with E-state index in [1.54, 1.807) is 35.0 Å². The SMILES string of the molecule is O=c1c(Cc2ccc[n+]([O-])c2)nc2cccnc2n1-c1cccc(C=Cc2cc(Cl)cc(Cl)c2)c1. The Morgan fingerprint density at radius 2 is 1.74 bits per heavy atom. The van der Waals surface area contributed by atoms with Gasteiger partial charge in [-0.25, -0.2) is 9.97 Å². The summed E-state index contributed by atoms with van der Waals surface area (Å²) in [4.78, 5) is 22.5. The zero-order valence-corrected chi connectivity index (χ0v) is 19.8. The summed E-state index contributed by atoms with van der Waals surface area (Å²) in [5.41, 5.74) is 4.16. The lowest BCUT2D eigenvalue weighted by Gasteiger charge is -2.12. The van der Waals surface area contributed by atoms with Gasteiger partial charge in [-0.1, -0.05) is 47.5 Å². The molecule has 0 aliphatic rings. The molecular weight excluding hydrogens is 483 g/mol. The van der Waals surface area contributed by atoms with Crippen LogP contribution >= 0.6 is 23.2 Å². The zero-order chi connectivity index (χ0) is 24.4. The number of benzene rings is 2. The average molecular weight is 501 g/mol. The molecule has 8 heteroatoms. The molecule has 0 amide bonds. The molecule has 0 fully saturated rings. The highest BCUT2D eigenvalue weighted by Gasteiger charge is 2.15. The highest BCUT2D eigenvalue weighted by atomic mass is 35.5. The highest BCUT2D eigenvalue weighted by molar-refractivity contribution is 6.34. The largest absolute Gasteiger partial charge is 0.619 e. The number of aromatic nitrogens is 4. The molecule has 3 aromatic heterocycles. The molecule has 35 heavy (non-hydrogen) atoms. The van der Waals surface area contributed by atoms with E-state index < -0.39 is 0 Å². The molecule has 172 valence electrons. The third kappa shape index (κ3) is 5.09. The first kappa shape index (κ1) is 22.8. The Hall–Kier alpha value is -4.00. The maximum absolute atomic E-state index is 13.6. The van der Waals surface area contributed by atoms with Crippen molar-refractivity contribution in [2.75, 3.05) is 0 Å². The normalized spacial score (nSPS) is 11.4. The average Bonchev–Trinajstić information content (AvgIpc) is 2.83. The van der Waals surface area contributed by atoms with Crippen molar-refractivity contribution in [2.45, 2.75) is 6.42 Å². The molecule has 5 aromatic rings. The quantitative estimate of drug-likeness (QED) is 0.182. The van der Waals surface area contributed by atoms with Crippen LogP contribution < -0.4 is 10.3 Å². The van der Waals surface area contributed by atoms with E-state index in [0.29, 0.717) is 42.9 Å². The predicted octanol–water partition coefficient (Wildman–Crippen LogP) is 5.48. The van der Waals surface area contributed by atoms with Crippen LogP contribution in [0.2, 0.25) is 10.0 Å². The monoisotopic (exact) mass is 500 g/mol. The van der Waals surface area contributed by atoms with E-state index in [2.05, 4.69) is 9.97 Å². The molecule has 0 saturated heterocycles. The molecular formula is C27H18Cl2N4O2. The van der Waals surface area contributed by atoms with E-state index in [1.165, 1.54) is 12.4 Å². The smallest absolute Gasteiger partial charge is 0.278 e. The van der Waals surface area contributed by atoms with Gasteiger partial charge in [0.15, 0.2) is 18.0 Å². The Morgan fingerprint density at radius 1 is 0.943 bits per heavy atom. The van der Waals surface area contributed by atoms with E-state index in [1.807, 2.05) is 54.6 Å². The van der Waals surface area contributed by atoms with Crippen LogP contribution in [0.3, 0.4) is 0 Å². The number of halogens is 2. The number of pyridine rings is 2. The fraction of sp³-hybridized carbons (Fsp3) is 0.0370. The Labute approximate surface area is 211 Å². The van der Waals surface area contributed by atoms with Gasteiger partial charge < -0.3 is 5.21 Å². The molecule has 6 nitrogen and oxygen atoms in total. The topological polar surface area (TPSA) is 74.7 Å². The summed E-state index contributed by atoms with van der Waals surface area (Å²) < 4.78 is 2.26. The van der Waals surface area contributed by atoms with E-state index >= 15 is 0 Å². The zero-order valence-electron chi connectivity index (χ0n) is 18.3. The molecule has 0 N–H and O–H groups in total. The minimum Gasteiger partial charge on any atom is -0.619 e. The van der Waals surface area contributed by atoms with Crippen molar-refractivity contribution < 1.29 is 4.73 Å². The van der Waals surface area contributed by atoms with E-state index in [0.717, 1.165) is 11.1 Å². The summed E-state index contributed by atoms with van der Waals surface area (Å²) in [5.74, 6) is 0. The number of fused-ring (bicyclic) bond motifs is 1. The summed E-state index contributed by atoms with van der Waals surface area (Å²) >= 11 is 12.2. The maximum Gasteiger partial charge on any atom is 0.278 e. The minimum absolute atomic E-state index is 0.224. The fourth-order valence-electron chi connectivity index (χ4n) is 3.85. The van der Waals surface area contributed by atoms with Crippen LogP contribution in [-0.2, 0) is 6.42 Å². The summed E-state index contributed by atoms with van der Waals surface area (Å²) in [7, 11) is 0. The highest BCUT2D eigenvalue weighted by Crippen LogP contribution is 2.22. The van der Waals surface area contributed by atoms with E-state index in [4.69, 9.17) is 23.2 Å². The third-order valence-corrected chi connectivity index (χ3v) is 5.81. The lowest BCUT2D eigenvalue weighted by Crippen LogP contribution is -2.27. The molecule has 0 bridgehead atoms. The number of rotatable bonds is 5. The van der Waals surface area contributed by atoms with Crippen LogP contribution in [0.5, 0.6) is 0 Å². The van der Waals surface area contributed by atoms with Crippen LogP contribution in [0.4, 0.5) is 0 Å². The van der Waals surface area contributed by atoms with Gasteiger partial charge in [0.1, 0.15) is 11.2 Å².